The smallest absolute Gasteiger partial charge is 0.226 e. The van der Waals surface area contributed by atoms with Crippen molar-refractivity contribution < 1.29 is 9.53 Å². The van der Waals surface area contributed by atoms with Gasteiger partial charge in [-0.2, -0.15) is 5.10 Å². The second kappa shape index (κ2) is 6.42. The summed E-state index contributed by atoms with van der Waals surface area (Å²) in [6.07, 6.45) is 5.51. The summed E-state index contributed by atoms with van der Waals surface area (Å²) in [6.45, 7) is 8.88. The van der Waals surface area contributed by atoms with Crippen LogP contribution in [0.4, 0.5) is 0 Å². The zero-order chi connectivity index (χ0) is 19.5. The van der Waals surface area contributed by atoms with Gasteiger partial charge in [0.05, 0.1) is 30.6 Å². The maximum atomic E-state index is 12.8. The van der Waals surface area contributed by atoms with Crippen LogP contribution < -0.4 is 0 Å². The van der Waals surface area contributed by atoms with Crippen molar-refractivity contribution in [2.75, 3.05) is 13.2 Å². The highest BCUT2D eigenvalue weighted by Crippen LogP contribution is 2.49. The zero-order valence-electron chi connectivity index (χ0n) is 16.8. The standard InChI is InChI=1S/C22H28N4O2/c1-15(2)19-14-28-22-8-9-24(20(22)10-21(27)26(19)22)12-17-11-23-25(13-17)18-7-5-4-6-16(18)3/h4-7,11,13,15,19-20H,8-10,12,14H2,1-3H3/t19-,20+,22-/m0/s1. The summed E-state index contributed by atoms with van der Waals surface area (Å²) >= 11 is 0. The first kappa shape index (κ1) is 17.9. The summed E-state index contributed by atoms with van der Waals surface area (Å²) in [6, 6.07) is 8.62. The van der Waals surface area contributed by atoms with Crippen LogP contribution in [-0.4, -0.2) is 56.4 Å². The number of benzene rings is 1. The largest absolute Gasteiger partial charge is 0.352 e. The Bertz CT molecular complexity index is 907. The molecule has 28 heavy (non-hydrogen) atoms. The van der Waals surface area contributed by atoms with Gasteiger partial charge in [0, 0.05) is 37.7 Å². The summed E-state index contributed by atoms with van der Waals surface area (Å²) in [4.78, 5) is 17.3. The van der Waals surface area contributed by atoms with E-state index < -0.39 is 5.72 Å². The highest BCUT2D eigenvalue weighted by atomic mass is 16.5. The molecule has 1 aromatic carbocycles. The molecule has 0 saturated carbocycles. The van der Waals surface area contributed by atoms with Crippen molar-refractivity contribution in [2.45, 2.75) is 58.0 Å². The Labute approximate surface area is 166 Å². The highest BCUT2D eigenvalue weighted by Gasteiger charge is 2.64. The molecule has 4 heterocycles. The Morgan fingerprint density at radius 1 is 1.32 bits per heavy atom. The molecule has 3 atom stereocenters. The molecule has 1 spiro atoms. The minimum absolute atomic E-state index is 0.144. The zero-order valence-corrected chi connectivity index (χ0v) is 16.8. The summed E-state index contributed by atoms with van der Waals surface area (Å²) in [5.41, 5.74) is 3.07. The number of aromatic nitrogens is 2. The molecule has 0 unspecified atom stereocenters. The average Bonchev–Trinajstić information content (AvgIpc) is 3.40. The van der Waals surface area contributed by atoms with E-state index in [1.54, 1.807) is 0 Å². The minimum atomic E-state index is -0.405. The monoisotopic (exact) mass is 380 g/mol. The third-order valence-electron chi connectivity index (χ3n) is 6.75. The van der Waals surface area contributed by atoms with Gasteiger partial charge >= 0.3 is 0 Å². The molecular weight excluding hydrogens is 352 g/mol. The Morgan fingerprint density at radius 2 is 2.14 bits per heavy atom. The number of aryl methyl sites for hydroxylation is 1. The van der Waals surface area contributed by atoms with Gasteiger partial charge in [-0.25, -0.2) is 4.68 Å². The third kappa shape index (κ3) is 2.54. The van der Waals surface area contributed by atoms with Crippen LogP contribution in [0.15, 0.2) is 36.7 Å². The van der Waals surface area contributed by atoms with Crippen LogP contribution in [0.5, 0.6) is 0 Å². The maximum Gasteiger partial charge on any atom is 0.226 e. The molecule has 0 bridgehead atoms. The van der Waals surface area contributed by atoms with Gasteiger partial charge in [-0.1, -0.05) is 32.0 Å². The second-order valence-electron chi connectivity index (χ2n) is 8.75. The lowest BCUT2D eigenvalue weighted by atomic mass is 10.0. The lowest BCUT2D eigenvalue weighted by Gasteiger charge is -2.34. The summed E-state index contributed by atoms with van der Waals surface area (Å²) in [5.74, 6) is 0.671. The highest BCUT2D eigenvalue weighted by molar-refractivity contribution is 5.82. The van der Waals surface area contributed by atoms with E-state index in [0.717, 1.165) is 25.2 Å². The molecule has 0 aliphatic carbocycles. The molecular formula is C22H28N4O2. The number of hydrogen-bond donors (Lipinski definition) is 0. The van der Waals surface area contributed by atoms with Crippen molar-refractivity contribution >= 4 is 5.91 Å². The molecule has 5 rings (SSSR count). The topological polar surface area (TPSA) is 50.6 Å². The first-order valence-electron chi connectivity index (χ1n) is 10.3. The quantitative estimate of drug-likeness (QED) is 0.818. The first-order valence-corrected chi connectivity index (χ1v) is 10.3. The molecule has 3 aliphatic rings. The molecule has 1 aromatic heterocycles. The molecule has 3 fully saturated rings. The predicted molar refractivity (Wildman–Crippen MR) is 106 cm³/mol. The van der Waals surface area contributed by atoms with Crippen molar-refractivity contribution in [1.82, 2.24) is 19.6 Å². The van der Waals surface area contributed by atoms with E-state index in [0.29, 0.717) is 18.9 Å². The Balaban J connectivity index is 1.36. The van der Waals surface area contributed by atoms with E-state index in [9.17, 15) is 4.79 Å². The molecule has 1 amide bonds. The minimum Gasteiger partial charge on any atom is -0.352 e. The predicted octanol–water partition coefficient (Wildman–Crippen LogP) is 2.74. The second-order valence-corrected chi connectivity index (χ2v) is 8.75. The summed E-state index contributed by atoms with van der Waals surface area (Å²) in [7, 11) is 0. The van der Waals surface area contributed by atoms with Crippen molar-refractivity contribution in [3.63, 3.8) is 0 Å². The maximum absolute atomic E-state index is 12.8. The number of carbonyl (C=O) groups excluding carboxylic acids is 1. The summed E-state index contributed by atoms with van der Waals surface area (Å²) in [5, 5.41) is 4.57. The summed E-state index contributed by atoms with van der Waals surface area (Å²) < 4.78 is 8.28. The molecule has 0 N–H and O–H groups in total. The number of rotatable bonds is 4. The van der Waals surface area contributed by atoms with Crippen molar-refractivity contribution in [2.24, 2.45) is 5.92 Å². The van der Waals surface area contributed by atoms with E-state index in [-0.39, 0.29) is 18.0 Å². The van der Waals surface area contributed by atoms with Gasteiger partial charge in [0.1, 0.15) is 0 Å². The van der Waals surface area contributed by atoms with Crippen LogP contribution in [0.25, 0.3) is 5.69 Å². The van der Waals surface area contributed by atoms with E-state index >= 15 is 0 Å². The first-order chi connectivity index (χ1) is 13.5. The number of ether oxygens (including phenoxy) is 1. The molecule has 6 nitrogen and oxygen atoms in total. The molecule has 6 heteroatoms. The Hall–Kier alpha value is -2.18. The van der Waals surface area contributed by atoms with Gasteiger partial charge in [0.25, 0.3) is 0 Å². The molecule has 3 saturated heterocycles. The van der Waals surface area contributed by atoms with Gasteiger partial charge < -0.3 is 9.64 Å². The molecule has 148 valence electrons. The van der Waals surface area contributed by atoms with Gasteiger partial charge in [0.15, 0.2) is 5.72 Å². The number of nitrogens with zero attached hydrogens (tertiary/aromatic N) is 4. The molecule has 3 aliphatic heterocycles. The molecule has 0 radical (unpaired) electrons. The number of likely N-dealkylation sites (tertiary alicyclic amines) is 1. The lowest BCUT2D eigenvalue weighted by Crippen LogP contribution is -2.50. The lowest BCUT2D eigenvalue weighted by molar-refractivity contribution is -0.139. The Morgan fingerprint density at radius 3 is 2.93 bits per heavy atom. The van der Waals surface area contributed by atoms with E-state index in [1.165, 1.54) is 11.1 Å². The van der Waals surface area contributed by atoms with Crippen LogP contribution in [0.1, 0.15) is 37.8 Å². The average molecular weight is 380 g/mol. The normalized spacial score (nSPS) is 29.7. The van der Waals surface area contributed by atoms with Gasteiger partial charge in [-0.3, -0.25) is 9.69 Å². The van der Waals surface area contributed by atoms with Crippen LogP contribution in [0.2, 0.25) is 0 Å². The van der Waals surface area contributed by atoms with Crippen LogP contribution in [0, 0.1) is 12.8 Å². The number of hydrogen-bond acceptors (Lipinski definition) is 4. The van der Waals surface area contributed by atoms with Crippen molar-refractivity contribution in [3.05, 3.63) is 47.8 Å². The van der Waals surface area contributed by atoms with E-state index in [1.807, 2.05) is 23.0 Å². The SMILES string of the molecule is Cc1ccccc1-n1cc(CN2CC[C@@]34OC[C@@H](C(C)C)N3C(=O)C[C@@H]24)cn1. The van der Waals surface area contributed by atoms with Gasteiger partial charge in [-0.05, 0) is 24.5 Å². The van der Waals surface area contributed by atoms with Crippen LogP contribution in [-0.2, 0) is 16.1 Å². The fourth-order valence-electron chi connectivity index (χ4n) is 5.27. The van der Waals surface area contributed by atoms with E-state index in [4.69, 9.17) is 4.74 Å². The van der Waals surface area contributed by atoms with E-state index in [2.05, 4.69) is 54.0 Å². The Kier molecular flexibility index (Phi) is 4.10. The number of carbonyl (C=O) groups is 1. The van der Waals surface area contributed by atoms with Crippen LogP contribution in [0.3, 0.4) is 0 Å². The van der Waals surface area contributed by atoms with Crippen molar-refractivity contribution in [3.8, 4) is 5.69 Å². The van der Waals surface area contributed by atoms with Crippen LogP contribution >= 0.6 is 0 Å². The number of amides is 1. The van der Waals surface area contributed by atoms with Gasteiger partial charge in [0.2, 0.25) is 5.91 Å². The third-order valence-corrected chi connectivity index (χ3v) is 6.75. The van der Waals surface area contributed by atoms with Crippen molar-refractivity contribution in [1.29, 1.82) is 0 Å². The number of para-hydroxylation sites is 1. The fraction of sp³-hybridized carbons (Fsp3) is 0.545. The molecule has 2 aromatic rings. The fourth-order valence-corrected chi connectivity index (χ4v) is 5.27. The van der Waals surface area contributed by atoms with Gasteiger partial charge in [-0.15, -0.1) is 0 Å².